The zero-order valence-corrected chi connectivity index (χ0v) is 30.2. The first-order valence-corrected chi connectivity index (χ1v) is 20.7. The minimum atomic E-state index is -2.07. The molecule has 1 saturated carbocycles. The highest BCUT2D eigenvalue weighted by Crippen LogP contribution is 2.41. The minimum absolute atomic E-state index is 0.170. The Morgan fingerprint density at radius 3 is 1.78 bits per heavy atom. The van der Waals surface area contributed by atoms with Crippen LogP contribution in [0.2, 0.25) is 19.1 Å². The van der Waals surface area contributed by atoms with Gasteiger partial charge in [0.05, 0.1) is 8.07 Å². The molecule has 1 N–H and O–H groups in total. The maximum atomic E-state index is 12.5. The first-order chi connectivity index (χ1) is 22.0. The largest absolute Gasteiger partial charge is 0.457 e. The van der Waals surface area contributed by atoms with Crippen molar-refractivity contribution in [3.8, 4) is 0 Å². The molecular formula is C40H58O5Si. The van der Waals surface area contributed by atoms with E-state index in [-0.39, 0.29) is 19.8 Å². The van der Waals surface area contributed by atoms with E-state index < -0.39 is 20.0 Å². The quantitative estimate of drug-likeness (QED) is 0.0757. The van der Waals surface area contributed by atoms with Crippen molar-refractivity contribution in [1.82, 2.24) is 0 Å². The highest BCUT2D eigenvalue weighted by molar-refractivity contribution is 6.90. The summed E-state index contributed by atoms with van der Waals surface area (Å²) in [4.78, 5) is 25.1. The van der Waals surface area contributed by atoms with Gasteiger partial charge < -0.3 is 14.6 Å². The normalized spacial score (nSPS) is 16.6. The fourth-order valence-electron chi connectivity index (χ4n) is 6.94. The Balaban J connectivity index is 1.91. The molecule has 0 bridgehead atoms. The number of carbonyl (C=O) groups excluding carboxylic acids is 2. The summed E-state index contributed by atoms with van der Waals surface area (Å²) in [6.07, 6.45) is 12.2. The summed E-state index contributed by atoms with van der Waals surface area (Å²) < 4.78 is 11.5. The van der Waals surface area contributed by atoms with E-state index in [2.05, 4.69) is 69.6 Å². The molecule has 5 nitrogen and oxygen atoms in total. The van der Waals surface area contributed by atoms with Gasteiger partial charge in [-0.1, -0.05) is 101 Å². The third-order valence-corrected chi connectivity index (χ3v) is 13.2. The molecule has 0 aromatic heterocycles. The van der Waals surface area contributed by atoms with E-state index in [4.69, 9.17) is 9.47 Å². The number of aliphatic hydroxyl groups excluding tert-OH is 1. The summed E-state index contributed by atoms with van der Waals surface area (Å²) in [5, 5.41) is 10.5. The summed E-state index contributed by atoms with van der Waals surface area (Å²) in [6, 6.07) is 14.9. The molecule has 46 heavy (non-hydrogen) atoms. The number of aliphatic hydroxyl groups is 1. The Labute approximate surface area is 279 Å². The SMILES string of the molecule is C=C(C)C(=O)OCc1cc(C2CCC(c3ccc(CCCCC)cc3)CC2)cc(COC(=O)C(=C)C)c1[Si](C)(C)CCCCCO. The van der Waals surface area contributed by atoms with Crippen LogP contribution in [0.15, 0.2) is 60.7 Å². The minimum Gasteiger partial charge on any atom is -0.457 e. The van der Waals surface area contributed by atoms with Crippen LogP contribution in [0, 0.1) is 0 Å². The standard InChI is InChI=1S/C40H58O5Si/c1-8-9-11-14-31-15-17-32(18-16-31)33-19-21-34(22-20-33)35-25-36(27-44-39(42)29(2)3)38(46(6,7)24-13-10-12-23-41)37(26-35)28-45-40(43)30(4)5/h15-18,25-26,33-34,41H,2,4,8-14,19-24,27-28H2,1,3,5-7H3. The van der Waals surface area contributed by atoms with Gasteiger partial charge in [0.15, 0.2) is 0 Å². The second kappa shape index (κ2) is 18.4. The van der Waals surface area contributed by atoms with Gasteiger partial charge in [-0.2, -0.15) is 0 Å². The molecule has 0 heterocycles. The van der Waals surface area contributed by atoms with Gasteiger partial charge in [-0.3, -0.25) is 0 Å². The van der Waals surface area contributed by atoms with Gasteiger partial charge in [-0.25, -0.2) is 9.59 Å². The first kappa shape index (κ1) is 37.5. The van der Waals surface area contributed by atoms with Crippen LogP contribution < -0.4 is 5.19 Å². The second-order valence-corrected chi connectivity index (χ2v) is 18.9. The molecule has 0 atom stereocenters. The predicted octanol–water partition coefficient (Wildman–Crippen LogP) is 9.18. The number of rotatable bonds is 18. The average Bonchev–Trinajstić information content (AvgIpc) is 3.04. The molecule has 6 heteroatoms. The topological polar surface area (TPSA) is 72.8 Å². The lowest BCUT2D eigenvalue weighted by molar-refractivity contribution is -0.140. The molecule has 0 radical (unpaired) electrons. The Morgan fingerprint density at radius 1 is 0.783 bits per heavy atom. The molecule has 0 aliphatic heterocycles. The summed E-state index contributed by atoms with van der Waals surface area (Å²) in [6.45, 7) is 18.4. The average molecular weight is 647 g/mol. The van der Waals surface area contributed by atoms with Crippen molar-refractivity contribution in [2.45, 2.75) is 136 Å². The zero-order valence-electron chi connectivity index (χ0n) is 29.2. The van der Waals surface area contributed by atoms with E-state index >= 15 is 0 Å². The van der Waals surface area contributed by atoms with Crippen molar-refractivity contribution in [3.05, 3.63) is 88.5 Å². The number of hydrogen-bond acceptors (Lipinski definition) is 5. The van der Waals surface area contributed by atoms with Crippen LogP contribution in [0.3, 0.4) is 0 Å². The molecule has 0 unspecified atom stereocenters. The van der Waals surface area contributed by atoms with Crippen LogP contribution in [0.1, 0.15) is 125 Å². The lowest BCUT2D eigenvalue weighted by atomic mass is 9.75. The summed E-state index contributed by atoms with van der Waals surface area (Å²) >= 11 is 0. The number of unbranched alkanes of at least 4 members (excludes halogenated alkanes) is 4. The van der Waals surface area contributed by atoms with Gasteiger partial charge in [-0.05, 0) is 104 Å². The Hall–Kier alpha value is -2.96. The van der Waals surface area contributed by atoms with Gasteiger partial charge in [-0.15, -0.1) is 0 Å². The van der Waals surface area contributed by atoms with Crippen LogP contribution >= 0.6 is 0 Å². The van der Waals surface area contributed by atoms with E-state index in [0.29, 0.717) is 23.0 Å². The third-order valence-electron chi connectivity index (χ3n) is 9.59. The molecule has 2 aromatic rings. The van der Waals surface area contributed by atoms with E-state index in [1.165, 1.54) is 41.1 Å². The Morgan fingerprint density at radius 2 is 1.30 bits per heavy atom. The number of benzene rings is 2. The van der Waals surface area contributed by atoms with E-state index in [1.807, 2.05) is 0 Å². The molecule has 1 fully saturated rings. The van der Waals surface area contributed by atoms with Crippen molar-refractivity contribution in [2.75, 3.05) is 6.61 Å². The molecule has 0 amide bonds. The highest BCUT2D eigenvalue weighted by atomic mass is 28.3. The van der Waals surface area contributed by atoms with Gasteiger partial charge >= 0.3 is 11.9 Å². The lowest BCUT2D eigenvalue weighted by Gasteiger charge is -2.33. The number of ether oxygens (including phenoxy) is 2. The fraction of sp³-hybridized carbons (Fsp3) is 0.550. The predicted molar refractivity (Wildman–Crippen MR) is 192 cm³/mol. The highest BCUT2D eigenvalue weighted by Gasteiger charge is 2.32. The lowest BCUT2D eigenvalue weighted by Crippen LogP contribution is -2.46. The van der Waals surface area contributed by atoms with Crippen molar-refractivity contribution in [3.63, 3.8) is 0 Å². The number of esters is 2. The van der Waals surface area contributed by atoms with E-state index in [1.54, 1.807) is 13.8 Å². The molecule has 1 aliphatic rings. The van der Waals surface area contributed by atoms with E-state index in [0.717, 1.165) is 68.5 Å². The van der Waals surface area contributed by atoms with Gasteiger partial charge in [0, 0.05) is 17.8 Å². The van der Waals surface area contributed by atoms with Crippen molar-refractivity contribution >= 4 is 25.2 Å². The van der Waals surface area contributed by atoms with Crippen LogP contribution in [0.5, 0.6) is 0 Å². The molecular weight excluding hydrogens is 589 g/mol. The first-order valence-electron chi connectivity index (χ1n) is 17.5. The van der Waals surface area contributed by atoms with Crippen LogP contribution in [0.25, 0.3) is 0 Å². The van der Waals surface area contributed by atoms with Gasteiger partial charge in [0.25, 0.3) is 0 Å². The van der Waals surface area contributed by atoms with Gasteiger partial charge in [0.2, 0.25) is 0 Å². The second-order valence-electron chi connectivity index (χ2n) is 14.1. The summed E-state index contributed by atoms with van der Waals surface area (Å²) in [5.41, 5.74) is 6.91. The molecule has 2 aromatic carbocycles. The number of carbonyl (C=O) groups is 2. The number of hydrogen-bond donors (Lipinski definition) is 1. The Kier molecular flexibility index (Phi) is 15.0. The maximum absolute atomic E-state index is 12.5. The van der Waals surface area contributed by atoms with Crippen LogP contribution in [-0.4, -0.2) is 31.7 Å². The Bertz CT molecular complexity index is 1270. The molecule has 1 aliphatic carbocycles. The van der Waals surface area contributed by atoms with Crippen LogP contribution in [-0.2, 0) is 38.7 Å². The third kappa shape index (κ3) is 11.1. The molecule has 3 rings (SSSR count). The molecule has 252 valence electrons. The summed E-state index contributed by atoms with van der Waals surface area (Å²) in [5.74, 6) is 0.161. The molecule has 0 saturated heterocycles. The van der Waals surface area contributed by atoms with Crippen molar-refractivity contribution in [1.29, 1.82) is 0 Å². The van der Waals surface area contributed by atoms with Crippen molar-refractivity contribution in [2.24, 2.45) is 0 Å². The zero-order chi connectivity index (χ0) is 33.7. The van der Waals surface area contributed by atoms with Crippen molar-refractivity contribution < 1.29 is 24.2 Å². The van der Waals surface area contributed by atoms with Crippen LogP contribution in [0.4, 0.5) is 0 Å². The van der Waals surface area contributed by atoms with E-state index in [9.17, 15) is 14.7 Å². The smallest absolute Gasteiger partial charge is 0.333 e. The fourth-order valence-corrected chi connectivity index (χ4v) is 10.3. The summed E-state index contributed by atoms with van der Waals surface area (Å²) in [7, 11) is -2.07. The molecule has 0 spiro atoms. The van der Waals surface area contributed by atoms with Gasteiger partial charge in [0.1, 0.15) is 13.2 Å². The number of aryl methyl sites for hydroxylation is 1. The monoisotopic (exact) mass is 646 g/mol. The maximum Gasteiger partial charge on any atom is 0.333 e.